The van der Waals surface area contributed by atoms with E-state index in [1.165, 1.54) is 18.3 Å². The first-order valence-corrected chi connectivity index (χ1v) is 4.05. The van der Waals surface area contributed by atoms with Gasteiger partial charge in [-0.2, -0.15) is 0 Å². The van der Waals surface area contributed by atoms with E-state index in [-0.39, 0.29) is 0 Å². The predicted octanol–water partition coefficient (Wildman–Crippen LogP) is 1.17. The van der Waals surface area contributed by atoms with Crippen LogP contribution >= 0.6 is 0 Å². The zero-order chi connectivity index (χ0) is 10.6. The summed E-state index contributed by atoms with van der Waals surface area (Å²) in [5.41, 5.74) is 0.436. The molecule has 1 rings (SSSR count). The minimum Gasteiger partial charge on any atom is -0.504 e. The van der Waals surface area contributed by atoms with Crippen LogP contribution in [0, 0.1) is 0 Å². The molecule has 0 aliphatic carbocycles. The van der Waals surface area contributed by atoms with Crippen molar-refractivity contribution in [2.45, 2.75) is 6.92 Å². The molecule has 0 aromatic heterocycles. The van der Waals surface area contributed by atoms with Gasteiger partial charge in [0.2, 0.25) is 0 Å². The van der Waals surface area contributed by atoms with Crippen LogP contribution in [0.5, 0.6) is 17.2 Å². The Morgan fingerprint density at radius 2 is 1.86 bits per heavy atom. The molecule has 0 saturated heterocycles. The van der Waals surface area contributed by atoms with Crippen LogP contribution in [0.1, 0.15) is 12.5 Å². The van der Waals surface area contributed by atoms with Crippen molar-refractivity contribution in [3.05, 3.63) is 17.7 Å². The molecular formula is C9H11NO4. The second kappa shape index (κ2) is 4.36. The van der Waals surface area contributed by atoms with Crippen molar-refractivity contribution in [1.82, 2.24) is 0 Å². The first-order chi connectivity index (χ1) is 6.65. The van der Waals surface area contributed by atoms with Gasteiger partial charge in [0.05, 0.1) is 6.21 Å². The van der Waals surface area contributed by atoms with Gasteiger partial charge in [0, 0.05) is 5.56 Å². The number of phenols is 3. The lowest BCUT2D eigenvalue weighted by molar-refractivity contribution is 0.160. The van der Waals surface area contributed by atoms with Crippen LogP contribution in [0.25, 0.3) is 0 Å². The number of benzene rings is 1. The molecule has 0 saturated carbocycles. The molecule has 0 amide bonds. The maximum Gasteiger partial charge on any atom is 0.200 e. The highest BCUT2D eigenvalue weighted by molar-refractivity contribution is 5.81. The Kier molecular flexibility index (Phi) is 3.17. The summed E-state index contributed by atoms with van der Waals surface area (Å²) in [5, 5.41) is 30.8. The average Bonchev–Trinajstić information content (AvgIpc) is 2.14. The highest BCUT2D eigenvalue weighted by atomic mass is 16.6. The lowest BCUT2D eigenvalue weighted by Gasteiger charge is -2.01. The minimum absolute atomic E-state index is 0.400. The Morgan fingerprint density at radius 3 is 2.36 bits per heavy atom. The van der Waals surface area contributed by atoms with Gasteiger partial charge in [-0.25, -0.2) is 0 Å². The molecule has 5 heteroatoms. The van der Waals surface area contributed by atoms with Gasteiger partial charge < -0.3 is 20.2 Å². The number of hydrogen-bond acceptors (Lipinski definition) is 5. The van der Waals surface area contributed by atoms with E-state index in [1.807, 2.05) is 0 Å². The molecule has 3 N–H and O–H groups in total. The first-order valence-electron chi connectivity index (χ1n) is 4.05. The average molecular weight is 197 g/mol. The van der Waals surface area contributed by atoms with Crippen molar-refractivity contribution in [3.8, 4) is 17.2 Å². The fraction of sp³-hybridized carbons (Fsp3) is 0.222. The van der Waals surface area contributed by atoms with Crippen LogP contribution in [-0.4, -0.2) is 28.1 Å². The van der Waals surface area contributed by atoms with Crippen LogP contribution in [0.4, 0.5) is 0 Å². The third-order valence-electron chi connectivity index (χ3n) is 1.50. The van der Waals surface area contributed by atoms with Gasteiger partial charge in [0.25, 0.3) is 0 Å². The molecule has 0 heterocycles. The quantitative estimate of drug-likeness (QED) is 0.386. The summed E-state index contributed by atoms with van der Waals surface area (Å²) in [7, 11) is 0. The molecule has 1 aromatic rings. The Bertz CT molecular complexity index is 326. The van der Waals surface area contributed by atoms with Gasteiger partial charge in [-0.05, 0) is 19.1 Å². The highest BCUT2D eigenvalue weighted by Crippen LogP contribution is 2.34. The number of rotatable bonds is 3. The summed E-state index contributed by atoms with van der Waals surface area (Å²) in [6, 6.07) is 2.52. The van der Waals surface area contributed by atoms with E-state index in [0.29, 0.717) is 12.2 Å². The molecule has 0 aliphatic rings. The summed E-state index contributed by atoms with van der Waals surface area (Å²) >= 11 is 0. The van der Waals surface area contributed by atoms with Crippen molar-refractivity contribution < 1.29 is 20.2 Å². The molecule has 0 radical (unpaired) electrons. The van der Waals surface area contributed by atoms with Crippen LogP contribution in [0.15, 0.2) is 17.3 Å². The summed E-state index contributed by atoms with van der Waals surface area (Å²) < 4.78 is 0. The molecule has 14 heavy (non-hydrogen) atoms. The van der Waals surface area contributed by atoms with Crippen molar-refractivity contribution in [1.29, 1.82) is 0 Å². The Labute approximate surface area is 80.9 Å². The second-order valence-corrected chi connectivity index (χ2v) is 2.56. The molecule has 5 nitrogen and oxygen atoms in total. The molecular weight excluding hydrogens is 186 g/mol. The van der Waals surface area contributed by atoms with Crippen molar-refractivity contribution >= 4 is 6.21 Å². The molecule has 0 spiro atoms. The summed E-state index contributed by atoms with van der Waals surface area (Å²) in [4.78, 5) is 4.69. The lowest BCUT2D eigenvalue weighted by atomic mass is 10.2. The van der Waals surface area contributed by atoms with E-state index in [4.69, 9.17) is 20.2 Å². The Morgan fingerprint density at radius 1 is 1.29 bits per heavy atom. The van der Waals surface area contributed by atoms with Crippen molar-refractivity contribution in [2.24, 2.45) is 5.16 Å². The molecule has 0 aliphatic heterocycles. The van der Waals surface area contributed by atoms with Gasteiger partial charge in [-0.1, -0.05) is 5.16 Å². The smallest absolute Gasteiger partial charge is 0.200 e. The monoisotopic (exact) mass is 197 g/mol. The third kappa shape index (κ3) is 2.29. The van der Waals surface area contributed by atoms with E-state index in [1.54, 1.807) is 6.92 Å². The number of hydrogen-bond donors (Lipinski definition) is 3. The van der Waals surface area contributed by atoms with Crippen molar-refractivity contribution in [2.75, 3.05) is 6.61 Å². The van der Waals surface area contributed by atoms with Gasteiger partial charge in [-0.3, -0.25) is 0 Å². The summed E-state index contributed by atoms with van der Waals surface area (Å²) in [6.45, 7) is 2.22. The van der Waals surface area contributed by atoms with E-state index in [9.17, 15) is 0 Å². The maximum atomic E-state index is 9.12. The summed E-state index contributed by atoms with van der Waals surface area (Å²) in [5.74, 6) is -1.34. The standard InChI is InChI=1S/C9H11NO4/c1-2-14-10-5-6-3-7(11)9(13)8(12)4-6/h3-5,11-13H,2H2,1H3. The molecule has 0 unspecified atom stereocenters. The Hall–Kier alpha value is -1.91. The van der Waals surface area contributed by atoms with Crippen molar-refractivity contribution in [3.63, 3.8) is 0 Å². The SMILES string of the molecule is CCON=Cc1cc(O)c(O)c(O)c1. The normalized spacial score (nSPS) is 10.6. The summed E-state index contributed by atoms with van der Waals surface area (Å²) in [6.07, 6.45) is 1.32. The topological polar surface area (TPSA) is 82.3 Å². The van der Waals surface area contributed by atoms with Crippen LogP contribution < -0.4 is 0 Å². The number of oxime groups is 1. The second-order valence-electron chi connectivity index (χ2n) is 2.56. The predicted molar refractivity (Wildman–Crippen MR) is 50.7 cm³/mol. The zero-order valence-corrected chi connectivity index (χ0v) is 7.64. The number of aromatic hydroxyl groups is 3. The molecule has 0 atom stereocenters. The minimum atomic E-state index is -0.543. The van der Waals surface area contributed by atoms with E-state index >= 15 is 0 Å². The van der Waals surface area contributed by atoms with E-state index < -0.39 is 17.2 Å². The zero-order valence-electron chi connectivity index (χ0n) is 7.64. The Balaban J connectivity index is 2.89. The van der Waals surface area contributed by atoms with E-state index in [2.05, 4.69) is 5.16 Å². The fourth-order valence-corrected chi connectivity index (χ4v) is 0.873. The largest absolute Gasteiger partial charge is 0.504 e. The number of phenolic OH excluding ortho intramolecular Hbond substituents is 3. The number of nitrogens with zero attached hydrogens (tertiary/aromatic N) is 1. The fourth-order valence-electron chi connectivity index (χ4n) is 0.873. The maximum absolute atomic E-state index is 9.12. The van der Waals surface area contributed by atoms with Gasteiger partial charge in [0.15, 0.2) is 17.2 Å². The van der Waals surface area contributed by atoms with Gasteiger partial charge in [0.1, 0.15) is 6.61 Å². The molecule has 1 aromatic carbocycles. The van der Waals surface area contributed by atoms with Crippen LogP contribution in [0.2, 0.25) is 0 Å². The molecule has 0 fully saturated rings. The first kappa shape index (κ1) is 10.2. The molecule has 76 valence electrons. The van der Waals surface area contributed by atoms with Crippen LogP contribution in [0.3, 0.4) is 0 Å². The third-order valence-corrected chi connectivity index (χ3v) is 1.50. The van der Waals surface area contributed by atoms with Crippen LogP contribution in [-0.2, 0) is 4.84 Å². The van der Waals surface area contributed by atoms with E-state index in [0.717, 1.165) is 0 Å². The van der Waals surface area contributed by atoms with Gasteiger partial charge >= 0.3 is 0 Å². The lowest BCUT2D eigenvalue weighted by Crippen LogP contribution is -1.84. The molecule has 0 bridgehead atoms. The highest BCUT2D eigenvalue weighted by Gasteiger charge is 2.06. The van der Waals surface area contributed by atoms with Gasteiger partial charge in [-0.15, -0.1) is 0 Å².